The highest BCUT2D eigenvalue weighted by Gasteiger charge is 2.20. The predicted molar refractivity (Wildman–Crippen MR) is 82.8 cm³/mol. The molecule has 1 unspecified atom stereocenters. The SMILES string of the molecule is Cc1cc(C)c(C(Br)c2cc(F)c(Cl)cc2F)c(C)c1. The van der Waals surface area contributed by atoms with E-state index in [1.807, 2.05) is 32.9 Å². The van der Waals surface area contributed by atoms with E-state index < -0.39 is 16.5 Å². The van der Waals surface area contributed by atoms with Crippen LogP contribution in [0, 0.1) is 32.4 Å². The second-order valence-corrected chi connectivity index (χ2v) is 6.29. The third kappa shape index (κ3) is 2.89. The standard InChI is InChI=1S/C16H14BrClF2/c1-8-4-9(2)15(10(3)5-8)16(17)11-6-14(20)12(18)7-13(11)19/h4-7,16H,1-3H3. The molecule has 2 rings (SSSR count). The van der Waals surface area contributed by atoms with Crippen molar-refractivity contribution in [1.82, 2.24) is 0 Å². The molecule has 0 aromatic heterocycles. The fraction of sp³-hybridized carbons (Fsp3) is 0.250. The Balaban J connectivity index is 2.57. The number of alkyl halides is 1. The molecule has 0 bridgehead atoms. The molecule has 0 saturated carbocycles. The molecule has 0 amide bonds. The van der Waals surface area contributed by atoms with Gasteiger partial charge in [0.25, 0.3) is 0 Å². The van der Waals surface area contributed by atoms with Gasteiger partial charge in [-0.25, -0.2) is 8.78 Å². The van der Waals surface area contributed by atoms with Gasteiger partial charge in [0.05, 0.1) is 9.85 Å². The zero-order chi connectivity index (χ0) is 15.0. The second-order valence-electron chi connectivity index (χ2n) is 4.96. The van der Waals surface area contributed by atoms with Crippen LogP contribution in [0.15, 0.2) is 24.3 Å². The van der Waals surface area contributed by atoms with Gasteiger partial charge < -0.3 is 0 Å². The molecule has 0 radical (unpaired) electrons. The normalized spacial score (nSPS) is 12.6. The van der Waals surface area contributed by atoms with Crippen LogP contribution in [0.1, 0.15) is 32.6 Å². The summed E-state index contributed by atoms with van der Waals surface area (Å²) >= 11 is 9.07. The van der Waals surface area contributed by atoms with Crippen molar-refractivity contribution >= 4 is 27.5 Å². The Morgan fingerprint density at radius 3 is 2.05 bits per heavy atom. The lowest BCUT2D eigenvalue weighted by molar-refractivity contribution is 0.588. The van der Waals surface area contributed by atoms with Crippen LogP contribution in [0.25, 0.3) is 0 Å². The van der Waals surface area contributed by atoms with Gasteiger partial charge in [-0.05, 0) is 49.6 Å². The molecule has 0 heterocycles. The van der Waals surface area contributed by atoms with Crippen LogP contribution >= 0.6 is 27.5 Å². The van der Waals surface area contributed by atoms with E-state index in [9.17, 15) is 8.78 Å². The van der Waals surface area contributed by atoms with Crippen LogP contribution in [-0.2, 0) is 0 Å². The summed E-state index contributed by atoms with van der Waals surface area (Å²) in [6.07, 6.45) is 0. The fourth-order valence-corrected chi connectivity index (χ4v) is 3.70. The first-order chi connectivity index (χ1) is 9.31. The van der Waals surface area contributed by atoms with E-state index in [1.54, 1.807) is 0 Å². The Kier molecular flexibility index (Phi) is 4.50. The first-order valence-corrected chi connectivity index (χ1v) is 7.47. The van der Waals surface area contributed by atoms with Crippen molar-refractivity contribution in [3.05, 3.63) is 68.7 Å². The molecular formula is C16H14BrClF2. The van der Waals surface area contributed by atoms with E-state index in [4.69, 9.17) is 11.6 Å². The van der Waals surface area contributed by atoms with Gasteiger partial charge in [0, 0.05) is 5.56 Å². The minimum Gasteiger partial charge on any atom is -0.207 e. The average Bonchev–Trinajstić information content (AvgIpc) is 2.32. The lowest BCUT2D eigenvalue weighted by Crippen LogP contribution is -2.03. The number of benzene rings is 2. The summed E-state index contributed by atoms with van der Waals surface area (Å²) in [5.41, 5.74) is 4.43. The largest absolute Gasteiger partial charge is 0.207 e. The van der Waals surface area contributed by atoms with Crippen LogP contribution in [0.5, 0.6) is 0 Å². The van der Waals surface area contributed by atoms with Gasteiger partial charge in [-0.3, -0.25) is 0 Å². The molecule has 1 atom stereocenters. The smallest absolute Gasteiger partial charge is 0.142 e. The lowest BCUT2D eigenvalue weighted by Gasteiger charge is -2.18. The number of hydrogen-bond acceptors (Lipinski definition) is 0. The van der Waals surface area contributed by atoms with Crippen molar-refractivity contribution in [2.45, 2.75) is 25.6 Å². The molecule has 0 nitrogen and oxygen atoms in total. The van der Waals surface area contributed by atoms with Gasteiger partial charge in [0.15, 0.2) is 0 Å². The quantitative estimate of drug-likeness (QED) is 0.454. The van der Waals surface area contributed by atoms with E-state index >= 15 is 0 Å². The predicted octanol–water partition coefficient (Wildman–Crippen LogP) is 6.03. The van der Waals surface area contributed by atoms with Crippen LogP contribution in [0.3, 0.4) is 0 Å². The minimum atomic E-state index is -0.616. The monoisotopic (exact) mass is 358 g/mol. The van der Waals surface area contributed by atoms with Crippen molar-refractivity contribution in [3.63, 3.8) is 0 Å². The lowest BCUT2D eigenvalue weighted by atomic mass is 9.94. The van der Waals surface area contributed by atoms with Crippen molar-refractivity contribution in [2.75, 3.05) is 0 Å². The highest BCUT2D eigenvalue weighted by atomic mass is 79.9. The molecule has 2 aromatic carbocycles. The van der Waals surface area contributed by atoms with E-state index in [2.05, 4.69) is 15.9 Å². The zero-order valence-electron chi connectivity index (χ0n) is 11.4. The van der Waals surface area contributed by atoms with Crippen molar-refractivity contribution in [1.29, 1.82) is 0 Å². The molecule has 0 aliphatic carbocycles. The summed E-state index contributed by atoms with van der Waals surface area (Å²) in [7, 11) is 0. The summed E-state index contributed by atoms with van der Waals surface area (Å²) in [4.78, 5) is -0.408. The van der Waals surface area contributed by atoms with Gasteiger partial charge in [0.1, 0.15) is 11.6 Å². The summed E-state index contributed by atoms with van der Waals surface area (Å²) in [6, 6.07) is 6.22. The Morgan fingerprint density at radius 2 is 1.50 bits per heavy atom. The molecule has 4 heteroatoms. The van der Waals surface area contributed by atoms with E-state index in [1.165, 1.54) is 0 Å². The minimum absolute atomic E-state index is 0.205. The third-order valence-corrected chi connectivity index (χ3v) is 4.54. The molecule has 0 fully saturated rings. The Morgan fingerprint density at radius 1 is 0.950 bits per heavy atom. The third-order valence-electron chi connectivity index (χ3n) is 3.30. The van der Waals surface area contributed by atoms with Crippen LogP contribution < -0.4 is 0 Å². The van der Waals surface area contributed by atoms with Gasteiger partial charge in [-0.1, -0.05) is 45.2 Å². The molecule has 0 saturated heterocycles. The Labute approximate surface area is 130 Å². The number of rotatable bonds is 2. The zero-order valence-corrected chi connectivity index (χ0v) is 13.7. The van der Waals surface area contributed by atoms with Gasteiger partial charge in [0.2, 0.25) is 0 Å². The topological polar surface area (TPSA) is 0 Å². The maximum atomic E-state index is 14.0. The molecule has 0 aliphatic rings. The molecule has 20 heavy (non-hydrogen) atoms. The van der Waals surface area contributed by atoms with Crippen molar-refractivity contribution in [2.24, 2.45) is 0 Å². The Hall–Kier alpha value is -0.930. The highest BCUT2D eigenvalue weighted by Crippen LogP contribution is 2.38. The first kappa shape index (κ1) is 15.5. The number of aryl methyl sites for hydroxylation is 3. The molecule has 0 N–H and O–H groups in total. The number of halogens is 4. The molecule has 2 aromatic rings. The summed E-state index contributed by atoms with van der Waals surface area (Å²) < 4.78 is 27.6. The van der Waals surface area contributed by atoms with E-state index in [-0.39, 0.29) is 10.6 Å². The first-order valence-electron chi connectivity index (χ1n) is 6.17. The number of hydrogen-bond donors (Lipinski definition) is 0. The van der Waals surface area contributed by atoms with Gasteiger partial charge in [-0.15, -0.1) is 0 Å². The van der Waals surface area contributed by atoms with Gasteiger partial charge in [-0.2, -0.15) is 0 Å². The summed E-state index contributed by atoms with van der Waals surface area (Å²) in [5.74, 6) is -1.13. The van der Waals surface area contributed by atoms with Crippen molar-refractivity contribution < 1.29 is 8.78 Å². The van der Waals surface area contributed by atoms with Crippen LogP contribution in [-0.4, -0.2) is 0 Å². The van der Waals surface area contributed by atoms with E-state index in [0.29, 0.717) is 0 Å². The van der Waals surface area contributed by atoms with Gasteiger partial charge >= 0.3 is 0 Å². The van der Waals surface area contributed by atoms with Crippen molar-refractivity contribution in [3.8, 4) is 0 Å². The average molecular weight is 360 g/mol. The maximum Gasteiger partial charge on any atom is 0.142 e. The summed E-state index contributed by atoms with van der Waals surface area (Å²) in [6.45, 7) is 5.94. The molecule has 0 aliphatic heterocycles. The van der Waals surface area contributed by atoms with Crippen LogP contribution in [0.4, 0.5) is 8.78 Å². The second kappa shape index (κ2) is 5.82. The van der Waals surface area contributed by atoms with E-state index in [0.717, 1.165) is 34.4 Å². The van der Waals surface area contributed by atoms with Crippen LogP contribution in [0.2, 0.25) is 5.02 Å². The molecule has 0 spiro atoms. The highest BCUT2D eigenvalue weighted by molar-refractivity contribution is 9.09. The summed E-state index contributed by atoms with van der Waals surface area (Å²) in [5, 5.41) is -0.205. The molecular weight excluding hydrogens is 346 g/mol. The Bertz CT molecular complexity index is 645. The maximum absolute atomic E-state index is 14.0. The molecule has 106 valence electrons. The fourth-order valence-electron chi connectivity index (χ4n) is 2.48.